The van der Waals surface area contributed by atoms with Crippen LogP contribution in [0.25, 0.3) is 0 Å². The van der Waals surface area contributed by atoms with Gasteiger partial charge in [0.15, 0.2) is 5.96 Å². The van der Waals surface area contributed by atoms with E-state index in [-0.39, 0.29) is 36.8 Å². The zero-order valence-electron chi connectivity index (χ0n) is 21.6. The predicted molar refractivity (Wildman–Crippen MR) is 148 cm³/mol. The van der Waals surface area contributed by atoms with Gasteiger partial charge in [0.05, 0.1) is 0 Å². The molecule has 0 aromatic rings. The largest absolute Gasteiger partial charge is 0.385 e. The van der Waals surface area contributed by atoms with Gasteiger partial charge in [-0.25, -0.2) is 0 Å². The topological polar surface area (TPSA) is 269 Å². The maximum atomic E-state index is 13.4. The van der Waals surface area contributed by atoms with Gasteiger partial charge in [0.2, 0.25) is 23.6 Å². The first kappa shape index (κ1) is 32.4. The van der Waals surface area contributed by atoms with Crippen LogP contribution in [0, 0.1) is 11.3 Å². The van der Waals surface area contributed by atoms with Crippen molar-refractivity contribution in [3.63, 3.8) is 0 Å². The van der Waals surface area contributed by atoms with Crippen LogP contribution in [0.2, 0.25) is 0 Å². The Morgan fingerprint density at radius 1 is 0.947 bits per heavy atom. The van der Waals surface area contributed by atoms with Crippen molar-refractivity contribution in [1.29, 1.82) is 5.41 Å². The lowest BCUT2D eigenvalue weighted by atomic mass is 9.84. The second kappa shape index (κ2) is 17.0. The van der Waals surface area contributed by atoms with Crippen molar-refractivity contribution in [1.82, 2.24) is 26.7 Å². The average molecular weight is 556 g/mol. The van der Waals surface area contributed by atoms with E-state index in [9.17, 15) is 19.2 Å². The fourth-order valence-electron chi connectivity index (χ4n) is 3.99. The van der Waals surface area contributed by atoms with Gasteiger partial charge in [-0.1, -0.05) is 38.7 Å². The Hall–Kier alpha value is -3.61. The molecule has 1 aliphatic rings. The van der Waals surface area contributed by atoms with Gasteiger partial charge in [-0.15, -0.1) is 9.24 Å². The van der Waals surface area contributed by atoms with Crippen LogP contribution in [-0.4, -0.2) is 66.3 Å². The van der Waals surface area contributed by atoms with Crippen LogP contribution in [0.3, 0.4) is 0 Å². The van der Waals surface area contributed by atoms with Gasteiger partial charge in [0, 0.05) is 6.54 Å². The van der Waals surface area contributed by atoms with Gasteiger partial charge in [-0.2, -0.15) is 5.10 Å². The first-order valence-electron chi connectivity index (χ1n) is 12.5. The van der Waals surface area contributed by atoms with Crippen LogP contribution in [0.5, 0.6) is 0 Å². The van der Waals surface area contributed by atoms with Gasteiger partial charge in [0.1, 0.15) is 23.9 Å². The number of hydrogen-bond donors (Lipinski definition) is 10. The number of guanidine groups is 1. The highest BCUT2D eigenvalue weighted by Crippen LogP contribution is 2.27. The highest BCUT2D eigenvalue weighted by atomic mass is 31.0. The molecule has 0 aromatic carbocycles. The van der Waals surface area contributed by atoms with Crippen molar-refractivity contribution in [2.75, 3.05) is 12.7 Å². The Kier molecular flexibility index (Phi) is 14.5. The second-order valence-electron chi connectivity index (χ2n) is 9.14. The molecule has 0 aliphatic heterocycles. The zero-order chi connectivity index (χ0) is 28.7. The third kappa shape index (κ3) is 12.6. The first-order chi connectivity index (χ1) is 17.9. The number of amidine groups is 1. The highest BCUT2D eigenvalue weighted by molar-refractivity contribution is 7.16. The average Bonchev–Trinajstić information content (AvgIpc) is 2.86. The summed E-state index contributed by atoms with van der Waals surface area (Å²) in [5.41, 5.74) is 24.0. The summed E-state index contributed by atoms with van der Waals surface area (Å²) in [6, 6.07) is -2.99. The van der Waals surface area contributed by atoms with Crippen molar-refractivity contribution in [2.24, 2.45) is 34.0 Å². The van der Waals surface area contributed by atoms with Crippen LogP contribution in [0.4, 0.5) is 0 Å². The van der Waals surface area contributed by atoms with Crippen molar-refractivity contribution in [3.05, 3.63) is 12.4 Å². The van der Waals surface area contributed by atoms with E-state index in [1.54, 1.807) is 0 Å². The molecule has 38 heavy (non-hydrogen) atoms. The molecule has 0 saturated heterocycles. The predicted octanol–water partition coefficient (Wildman–Crippen LogP) is -2.67. The van der Waals surface area contributed by atoms with Gasteiger partial charge in [-0.3, -0.25) is 30.0 Å². The van der Waals surface area contributed by atoms with E-state index in [1.807, 2.05) is 0 Å². The lowest BCUT2D eigenvalue weighted by Crippen LogP contribution is -2.57. The maximum absolute atomic E-state index is 13.4. The third-order valence-corrected chi connectivity index (χ3v) is 6.45. The molecule has 1 saturated carbocycles. The SMILES string of the molecule is C=C(N)N/N=C(\N)C(=O)N[C@@H](CC1CCCCC1)C(=O)N[C@@H](CCCNC(=N)N)C(=O)N[C@@H](CP)C(N)=O. The fourth-order valence-corrected chi connectivity index (χ4v) is 4.34. The Labute approximate surface area is 224 Å². The molecule has 0 radical (unpaired) electrons. The van der Waals surface area contributed by atoms with Crippen LogP contribution in [0.1, 0.15) is 51.4 Å². The second-order valence-corrected chi connectivity index (χ2v) is 9.61. The van der Waals surface area contributed by atoms with Crippen LogP contribution >= 0.6 is 9.24 Å². The lowest BCUT2D eigenvalue weighted by molar-refractivity contribution is -0.133. The minimum atomic E-state index is -1.05. The number of hydrazone groups is 1. The smallest absolute Gasteiger partial charge is 0.288 e. The van der Waals surface area contributed by atoms with E-state index in [4.69, 9.17) is 28.3 Å². The first-order valence-corrected chi connectivity index (χ1v) is 13.3. The molecule has 0 spiro atoms. The molecule has 1 unspecified atom stereocenters. The summed E-state index contributed by atoms with van der Waals surface area (Å²) in [5.74, 6) is -3.22. The monoisotopic (exact) mass is 555 g/mol. The number of nitrogens with two attached hydrogens (primary N) is 4. The van der Waals surface area contributed by atoms with Crippen molar-refractivity contribution < 1.29 is 19.2 Å². The Bertz CT molecular complexity index is 893. The fraction of sp³-hybridized carbons (Fsp3) is 0.636. The van der Waals surface area contributed by atoms with Gasteiger partial charge < -0.3 is 44.2 Å². The molecule has 1 fully saturated rings. The quantitative estimate of drug-likeness (QED) is 0.0331. The van der Waals surface area contributed by atoms with E-state index >= 15 is 0 Å². The summed E-state index contributed by atoms with van der Waals surface area (Å²) < 4.78 is 0. The molecule has 16 heteroatoms. The lowest BCUT2D eigenvalue weighted by Gasteiger charge is -2.28. The summed E-state index contributed by atoms with van der Waals surface area (Å²) in [7, 11) is 2.33. The molecule has 14 N–H and O–H groups in total. The van der Waals surface area contributed by atoms with Crippen molar-refractivity contribution in [3.8, 4) is 0 Å². The minimum absolute atomic E-state index is 0.0230. The van der Waals surface area contributed by atoms with E-state index in [1.165, 1.54) is 0 Å². The molecule has 0 aromatic heterocycles. The van der Waals surface area contributed by atoms with E-state index < -0.39 is 47.6 Å². The van der Waals surface area contributed by atoms with Crippen molar-refractivity contribution in [2.45, 2.75) is 69.5 Å². The maximum Gasteiger partial charge on any atom is 0.288 e. The number of amides is 4. The summed E-state index contributed by atoms with van der Waals surface area (Å²) in [6.45, 7) is 3.68. The number of carbonyl (C=O) groups is 4. The number of rotatable bonds is 15. The molecule has 1 aliphatic carbocycles. The summed E-state index contributed by atoms with van der Waals surface area (Å²) >= 11 is 0. The molecular formula is C22H42N11O4P. The Morgan fingerprint density at radius 3 is 2.11 bits per heavy atom. The Balaban J connectivity index is 3.06. The van der Waals surface area contributed by atoms with Gasteiger partial charge in [-0.05, 0) is 31.3 Å². The number of hydrogen-bond acceptors (Lipinski definition) is 8. The number of primary amides is 1. The van der Waals surface area contributed by atoms with Gasteiger partial charge >= 0.3 is 0 Å². The number of carbonyl (C=O) groups excluding carboxylic acids is 4. The Morgan fingerprint density at radius 2 is 1.55 bits per heavy atom. The summed E-state index contributed by atoms with van der Waals surface area (Å²) in [4.78, 5) is 50.6. The van der Waals surface area contributed by atoms with Gasteiger partial charge in [0.25, 0.3) is 5.91 Å². The van der Waals surface area contributed by atoms with E-state index in [0.29, 0.717) is 12.8 Å². The molecule has 0 heterocycles. The molecule has 0 bridgehead atoms. The molecule has 214 valence electrons. The minimum Gasteiger partial charge on any atom is -0.385 e. The van der Waals surface area contributed by atoms with Crippen LogP contribution in [-0.2, 0) is 19.2 Å². The van der Waals surface area contributed by atoms with E-state index in [2.05, 4.69) is 47.6 Å². The molecule has 4 amide bonds. The normalized spacial score (nSPS) is 16.3. The molecule has 4 atom stereocenters. The molecular weight excluding hydrogens is 513 g/mol. The summed E-state index contributed by atoms with van der Waals surface area (Å²) in [6.07, 6.45) is 6.05. The number of nitrogens with one attached hydrogen (secondary N) is 6. The zero-order valence-corrected chi connectivity index (χ0v) is 22.7. The van der Waals surface area contributed by atoms with Crippen LogP contribution < -0.4 is 49.6 Å². The molecule has 1 rings (SSSR count). The standard InChI is InChI=1S/C22H42N11O4P/c1-12(23)32-33-17(24)21(37)30-15(10-13-6-3-2-4-7-13)20(36)29-14(8-5-9-28-22(26)27)19(35)31-16(11-38)18(25)34/h13-16,32H,1-11,23,38H2,(H2,24,33)(H2,25,34)(H,29,36)(H,30,37)(H,31,35)(H4,26,27,28)/t14-,15-,16-/m0/s1. The number of nitrogens with zero attached hydrogens (tertiary/aromatic N) is 1. The summed E-state index contributed by atoms with van der Waals surface area (Å²) in [5, 5.41) is 21.3. The molecule has 15 nitrogen and oxygen atoms in total. The van der Waals surface area contributed by atoms with Crippen molar-refractivity contribution >= 4 is 44.7 Å². The third-order valence-electron chi connectivity index (χ3n) is 5.98. The highest BCUT2D eigenvalue weighted by Gasteiger charge is 2.31. The van der Waals surface area contributed by atoms with Crippen LogP contribution in [0.15, 0.2) is 17.5 Å². The van der Waals surface area contributed by atoms with E-state index in [0.717, 1.165) is 32.1 Å².